The van der Waals surface area contributed by atoms with Gasteiger partial charge in [0.2, 0.25) is 0 Å². The van der Waals surface area contributed by atoms with Gasteiger partial charge in [-0.1, -0.05) is 12.1 Å². The molecule has 8 heteroatoms. The molecule has 0 aromatic heterocycles. The number of carbonyl (C=O) groups is 2. The van der Waals surface area contributed by atoms with Crippen molar-refractivity contribution >= 4 is 19.5 Å². The van der Waals surface area contributed by atoms with Gasteiger partial charge in [-0.05, 0) is 31.5 Å². The first-order chi connectivity index (χ1) is 11.8. The molecule has 0 aliphatic heterocycles. The van der Waals surface area contributed by atoms with Crippen LogP contribution in [-0.4, -0.2) is 36.2 Å². The molecule has 1 rings (SSSR count). The van der Waals surface area contributed by atoms with Crippen molar-refractivity contribution in [1.82, 2.24) is 5.32 Å². The predicted molar refractivity (Wildman–Crippen MR) is 93.3 cm³/mol. The van der Waals surface area contributed by atoms with E-state index in [1.165, 1.54) is 12.1 Å². The van der Waals surface area contributed by atoms with Gasteiger partial charge < -0.3 is 19.5 Å². The molecule has 0 spiro atoms. The average Bonchev–Trinajstić information content (AvgIpc) is 2.55. The Balaban J connectivity index is 2.81. The molecule has 0 bridgehead atoms. The van der Waals surface area contributed by atoms with Crippen molar-refractivity contribution in [3.63, 3.8) is 0 Å². The number of carboxylic acids is 1. The highest BCUT2D eigenvalue weighted by molar-refractivity contribution is 7.53. The Labute approximate surface area is 147 Å². The van der Waals surface area contributed by atoms with Crippen LogP contribution in [0.3, 0.4) is 0 Å². The number of hydrogen-bond acceptors (Lipinski definition) is 5. The molecule has 2 N–H and O–H groups in total. The molecule has 0 aliphatic rings. The molecule has 25 heavy (non-hydrogen) atoms. The van der Waals surface area contributed by atoms with Crippen molar-refractivity contribution in [1.29, 1.82) is 0 Å². The summed E-state index contributed by atoms with van der Waals surface area (Å²) in [6, 6.07) is 5.13. The van der Waals surface area contributed by atoms with Crippen LogP contribution in [0.25, 0.3) is 0 Å². The van der Waals surface area contributed by atoms with Crippen LogP contribution in [0.4, 0.5) is 0 Å². The van der Waals surface area contributed by atoms with E-state index in [2.05, 4.69) is 11.2 Å². The second-order valence-electron chi connectivity index (χ2n) is 5.07. The van der Waals surface area contributed by atoms with Gasteiger partial charge in [-0.2, -0.15) is 0 Å². The fraction of sp³-hybridized carbons (Fsp3) is 0.412. The van der Waals surface area contributed by atoms with Gasteiger partial charge in [0.05, 0.1) is 19.4 Å². The Hall–Kier alpha value is -2.13. The highest BCUT2D eigenvalue weighted by Crippen LogP contribution is 2.51. The summed E-state index contributed by atoms with van der Waals surface area (Å²) in [4.78, 5) is 23.1. The van der Waals surface area contributed by atoms with Crippen LogP contribution in [-0.2, 0) is 24.6 Å². The molecule has 0 radical (unpaired) electrons. The standard InChI is InChI=1S/C17H22NO6P/c1-4-7-15(17(20)21)18-16(19)14-10-8-13(9-11-14)12-25(22,23-5-2)24-6-3/h1,8-11,15H,5-7,12H2,2-3H3,(H,18,19)(H,20,21)/t15-/m0/s1. The monoisotopic (exact) mass is 367 g/mol. The molecule has 0 heterocycles. The normalized spacial score (nSPS) is 12.2. The van der Waals surface area contributed by atoms with E-state index in [0.717, 1.165) is 0 Å². The first-order valence-electron chi connectivity index (χ1n) is 7.79. The number of amides is 1. The van der Waals surface area contributed by atoms with Crippen molar-refractivity contribution in [2.75, 3.05) is 13.2 Å². The molecular weight excluding hydrogens is 345 g/mol. The van der Waals surface area contributed by atoms with E-state index >= 15 is 0 Å². The highest BCUT2D eigenvalue weighted by Gasteiger charge is 2.24. The molecule has 1 aromatic rings. The molecule has 0 saturated heterocycles. The topological polar surface area (TPSA) is 102 Å². The average molecular weight is 367 g/mol. The van der Waals surface area contributed by atoms with Crippen molar-refractivity contribution in [3.8, 4) is 12.3 Å². The zero-order valence-corrected chi connectivity index (χ0v) is 15.1. The number of carboxylic acid groups (broad SMARTS) is 1. The van der Waals surface area contributed by atoms with Crippen LogP contribution in [0.2, 0.25) is 0 Å². The number of nitrogens with one attached hydrogen (secondary N) is 1. The lowest BCUT2D eigenvalue weighted by Gasteiger charge is -2.17. The van der Waals surface area contributed by atoms with Crippen LogP contribution < -0.4 is 5.32 Å². The van der Waals surface area contributed by atoms with Crippen LogP contribution in [0.15, 0.2) is 24.3 Å². The first-order valence-corrected chi connectivity index (χ1v) is 9.52. The largest absolute Gasteiger partial charge is 0.480 e. The Kier molecular flexibility index (Phi) is 8.36. The molecule has 1 atom stereocenters. The molecule has 7 nitrogen and oxygen atoms in total. The summed E-state index contributed by atoms with van der Waals surface area (Å²) in [5.74, 6) is 0.464. The second kappa shape index (κ2) is 10.00. The first kappa shape index (κ1) is 20.9. The zero-order chi connectivity index (χ0) is 18.9. The number of terminal acetylenes is 1. The summed E-state index contributed by atoms with van der Waals surface area (Å²) in [6.07, 6.45) is 5.08. The maximum atomic E-state index is 12.5. The van der Waals surface area contributed by atoms with Crippen LogP contribution in [0.1, 0.15) is 36.2 Å². The van der Waals surface area contributed by atoms with Crippen molar-refractivity contribution < 1.29 is 28.3 Å². The summed E-state index contributed by atoms with van der Waals surface area (Å²) in [5.41, 5.74) is 0.954. The van der Waals surface area contributed by atoms with Gasteiger partial charge in [-0.3, -0.25) is 9.36 Å². The van der Waals surface area contributed by atoms with Crippen molar-refractivity contribution in [3.05, 3.63) is 35.4 Å². The number of hydrogen-bond donors (Lipinski definition) is 2. The van der Waals surface area contributed by atoms with Gasteiger partial charge in [-0.25, -0.2) is 4.79 Å². The van der Waals surface area contributed by atoms with Gasteiger partial charge in [-0.15, -0.1) is 12.3 Å². The van der Waals surface area contributed by atoms with Gasteiger partial charge in [0.25, 0.3) is 5.91 Å². The van der Waals surface area contributed by atoms with E-state index in [1.54, 1.807) is 26.0 Å². The van der Waals surface area contributed by atoms with Crippen LogP contribution in [0, 0.1) is 12.3 Å². The molecule has 0 saturated carbocycles. The van der Waals surface area contributed by atoms with E-state index in [0.29, 0.717) is 5.56 Å². The van der Waals surface area contributed by atoms with E-state index in [1.807, 2.05) is 0 Å². The fourth-order valence-corrected chi connectivity index (χ4v) is 3.77. The third kappa shape index (κ3) is 6.71. The lowest BCUT2D eigenvalue weighted by molar-refractivity contribution is -0.139. The summed E-state index contributed by atoms with van der Waals surface area (Å²) >= 11 is 0. The van der Waals surface area contributed by atoms with E-state index < -0.39 is 25.5 Å². The lowest BCUT2D eigenvalue weighted by Crippen LogP contribution is -2.40. The molecular formula is C17H22NO6P. The predicted octanol–water partition coefficient (Wildman–Crippen LogP) is 2.66. The van der Waals surface area contributed by atoms with Gasteiger partial charge >= 0.3 is 13.6 Å². The molecule has 0 unspecified atom stereocenters. The third-order valence-corrected chi connectivity index (χ3v) is 5.22. The Morgan fingerprint density at radius 1 is 1.24 bits per heavy atom. The minimum Gasteiger partial charge on any atom is -0.480 e. The minimum absolute atomic E-state index is 0.0887. The SMILES string of the molecule is C#CC[C@H](NC(=O)c1ccc(CP(=O)(OCC)OCC)cc1)C(=O)O. The summed E-state index contributed by atoms with van der Waals surface area (Å²) < 4.78 is 22.9. The zero-order valence-electron chi connectivity index (χ0n) is 14.2. The third-order valence-electron chi connectivity index (χ3n) is 3.17. The summed E-state index contributed by atoms with van der Waals surface area (Å²) in [6.45, 7) is 4.00. The highest BCUT2D eigenvalue weighted by atomic mass is 31.2. The minimum atomic E-state index is -3.23. The van der Waals surface area contributed by atoms with E-state index in [-0.39, 0.29) is 31.4 Å². The van der Waals surface area contributed by atoms with Crippen LogP contribution in [0.5, 0.6) is 0 Å². The molecule has 0 fully saturated rings. The van der Waals surface area contributed by atoms with E-state index in [4.69, 9.17) is 20.6 Å². The smallest absolute Gasteiger partial charge is 0.335 e. The Bertz CT molecular complexity index is 669. The van der Waals surface area contributed by atoms with Gasteiger partial charge in [0.1, 0.15) is 6.04 Å². The van der Waals surface area contributed by atoms with Crippen LogP contribution >= 0.6 is 7.60 Å². The Morgan fingerprint density at radius 2 is 1.80 bits per heavy atom. The maximum absolute atomic E-state index is 12.5. The summed E-state index contributed by atoms with van der Waals surface area (Å²) in [7, 11) is -3.23. The van der Waals surface area contributed by atoms with Crippen molar-refractivity contribution in [2.45, 2.75) is 32.5 Å². The van der Waals surface area contributed by atoms with Gasteiger partial charge in [0.15, 0.2) is 0 Å². The number of carbonyl (C=O) groups excluding carboxylic acids is 1. The number of aliphatic carboxylic acids is 1. The van der Waals surface area contributed by atoms with Gasteiger partial charge in [0, 0.05) is 12.0 Å². The quantitative estimate of drug-likeness (QED) is 0.487. The molecule has 1 aromatic carbocycles. The Morgan fingerprint density at radius 3 is 2.24 bits per heavy atom. The number of benzene rings is 1. The molecule has 136 valence electrons. The summed E-state index contributed by atoms with van der Waals surface area (Å²) in [5, 5.41) is 11.4. The second-order valence-corrected chi connectivity index (χ2v) is 7.13. The lowest BCUT2D eigenvalue weighted by atomic mass is 10.1. The molecule has 0 aliphatic carbocycles. The van der Waals surface area contributed by atoms with Crippen molar-refractivity contribution in [2.24, 2.45) is 0 Å². The molecule has 1 amide bonds. The number of rotatable bonds is 10. The maximum Gasteiger partial charge on any atom is 0.335 e. The van der Waals surface area contributed by atoms with E-state index in [9.17, 15) is 14.2 Å². The fourth-order valence-electron chi connectivity index (χ4n) is 2.07.